The summed E-state index contributed by atoms with van der Waals surface area (Å²) in [5, 5.41) is 0. The Morgan fingerprint density at radius 3 is 2.59 bits per heavy atom. The summed E-state index contributed by atoms with van der Waals surface area (Å²) >= 11 is 1.51. The number of hydrogen-bond donors (Lipinski definition) is 0. The molecular weight excluding hydrogens is 360 g/mol. The van der Waals surface area contributed by atoms with Crippen molar-refractivity contribution in [2.24, 2.45) is 0 Å². The lowest BCUT2D eigenvalue weighted by atomic mass is 9.91. The molecule has 0 radical (unpaired) electrons. The molecule has 1 aromatic rings. The number of carbonyl (C=O) groups excluding carboxylic acids is 2. The lowest BCUT2D eigenvalue weighted by Gasteiger charge is -2.38. The van der Waals surface area contributed by atoms with Crippen LogP contribution in [0.1, 0.15) is 41.6 Å². The molecule has 1 unspecified atom stereocenters. The summed E-state index contributed by atoms with van der Waals surface area (Å²) < 4.78 is 6.52. The van der Waals surface area contributed by atoms with Gasteiger partial charge in [0.2, 0.25) is 11.6 Å². The van der Waals surface area contributed by atoms with Gasteiger partial charge in [-0.2, -0.15) is 0 Å². The zero-order chi connectivity index (χ0) is 18.6. The van der Waals surface area contributed by atoms with Gasteiger partial charge in [0.05, 0.1) is 0 Å². The summed E-state index contributed by atoms with van der Waals surface area (Å²) in [5.41, 5.74) is 2.17. The van der Waals surface area contributed by atoms with Gasteiger partial charge < -0.3 is 14.5 Å². The van der Waals surface area contributed by atoms with E-state index in [1.807, 2.05) is 12.1 Å². The Labute approximate surface area is 163 Å². The fourth-order valence-electron chi connectivity index (χ4n) is 4.65. The summed E-state index contributed by atoms with van der Waals surface area (Å²) in [5.74, 6) is 0.565. The predicted octanol–water partition coefficient (Wildman–Crippen LogP) is 2.95. The summed E-state index contributed by atoms with van der Waals surface area (Å²) in [6.07, 6.45) is 4.63. The normalized spacial score (nSPS) is 28.4. The zero-order valence-electron chi connectivity index (χ0n) is 15.6. The molecule has 5 rings (SSSR count). The first-order valence-corrected chi connectivity index (χ1v) is 10.8. The van der Waals surface area contributed by atoms with E-state index in [2.05, 4.69) is 22.9 Å². The second-order valence-corrected chi connectivity index (χ2v) is 9.14. The molecule has 1 aromatic carbocycles. The van der Waals surface area contributed by atoms with Crippen molar-refractivity contribution in [2.45, 2.75) is 31.3 Å². The first-order valence-electron chi connectivity index (χ1n) is 9.79. The monoisotopic (exact) mass is 384 g/mol. The quantitative estimate of drug-likeness (QED) is 0.694. The van der Waals surface area contributed by atoms with Gasteiger partial charge >= 0.3 is 0 Å². The van der Waals surface area contributed by atoms with Crippen LogP contribution in [-0.4, -0.2) is 61.0 Å². The first-order chi connectivity index (χ1) is 13.1. The molecular formula is C21H24N2O3S. The summed E-state index contributed by atoms with van der Waals surface area (Å²) in [6.45, 7) is 3.95. The molecule has 0 amide bonds. The number of ketones is 2. The predicted molar refractivity (Wildman–Crippen MR) is 107 cm³/mol. The van der Waals surface area contributed by atoms with Crippen molar-refractivity contribution in [3.05, 3.63) is 34.2 Å². The number of Topliss-reactive ketones (excluding diaryl/α,β-unsaturated/α-hetero) is 2. The third kappa shape index (κ3) is 2.81. The highest BCUT2D eigenvalue weighted by Gasteiger charge is 2.47. The Balaban J connectivity index is 1.57. The number of anilines is 1. The molecule has 2 saturated heterocycles. The van der Waals surface area contributed by atoms with Crippen LogP contribution in [0.3, 0.4) is 0 Å². The molecule has 1 aliphatic carbocycles. The van der Waals surface area contributed by atoms with Gasteiger partial charge in [0, 0.05) is 55.2 Å². The first kappa shape index (κ1) is 17.3. The molecule has 4 aliphatic rings. The van der Waals surface area contributed by atoms with E-state index < -0.39 is 11.6 Å². The average Bonchev–Trinajstić information content (AvgIpc) is 3.06. The molecule has 0 aromatic heterocycles. The van der Waals surface area contributed by atoms with E-state index in [1.54, 1.807) is 0 Å². The fraction of sp³-hybridized carbons (Fsp3) is 0.524. The van der Waals surface area contributed by atoms with E-state index in [1.165, 1.54) is 31.0 Å². The van der Waals surface area contributed by atoms with Gasteiger partial charge in [-0.15, -0.1) is 11.8 Å². The molecule has 27 heavy (non-hydrogen) atoms. The maximum atomic E-state index is 12.6. The highest BCUT2D eigenvalue weighted by molar-refractivity contribution is 8.04. The Kier molecular flexibility index (Phi) is 4.09. The van der Waals surface area contributed by atoms with Gasteiger partial charge in [0.1, 0.15) is 16.3 Å². The topological polar surface area (TPSA) is 49.9 Å². The minimum Gasteiger partial charge on any atom is -0.483 e. The maximum Gasteiger partial charge on any atom is 0.243 e. The molecule has 1 atom stereocenters. The van der Waals surface area contributed by atoms with Gasteiger partial charge in [0.15, 0.2) is 0 Å². The maximum absolute atomic E-state index is 12.6. The number of piperidine rings is 1. The average molecular weight is 385 g/mol. The van der Waals surface area contributed by atoms with E-state index in [-0.39, 0.29) is 5.60 Å². The third-order valence-corrected chi connectivity index (χ3v) is 7.47. The minimum atomic E-state index is -0.408. The van der Waals surface area contributed by atoms with Crippen molar-refractivity contribution in [3.8, 4) is 0 Å². The van der Waals surface area contributed by atoms with Crippen LogP contribution in [0.4, 0.5) is 5.69 Å². The number of likely N-dealkylation sites (N-methyl/N-ethyl adjacent to an activating group) is 1. The van der Waals surface area contributed by atoms with Crippen molar-refractivity contribution in [2.75, 3.05) is 43.9 Å². The number of rotatable bonds is 1. The molecule has 142 valence electrons. The van der Waals surface area contributed by atoms with E-state index in [0.29, 0.717) is 16.2 Å². The minimum absolute atomic E-state index is 0.253. The number of benzene rings is 1. The Hall–Kier alpha value is -1.79. The molecule has 1 spiro atoms. The number of hydrogen-bond acceptors (Lipinski definition) is 6. The number of thioether (sulfide) groups is 1. The van der Waals surface area contributed by atoms with E-state index in [0.717, 1.165) is 49.6 Å². The Bertz CT molecular complexity index is 859. The standard InChI is InChI=1S/C21H24N2O3S/c1-22-10-7-21(12-22)13-27-20-18(25)17(24)15-6-5-14(11-16(15)19(20)26-21)23-8-3-2-4-9-23/h5-6,11H,2-4,7-10,12-13H2,1H3. The van der Waals surface area contributed by atoms with Crippen molar-refractivity contribution in [1.29, 1.82) is 0 Å². The van der Waals surface area contributed by atoms with Crippen LogP contribution in [0.5, 0.6) is 0 Å². The third-order valence-electron chi connectivity index (χ3n) is 6.14. The summed E-state index contributed by atoms with van der Waals surface area (Å²) in [7, 11) is 2.10. The van der Waals surface area contributed by atoms with E-state index >= 15 is 0 Å². The van der Waals surface area contributed by atoms with Crippen molar-refractivity contribution >= 4 is 34.8 Å². The smallest absolute Gasteiger partial charge is 0.243 e. The SMILES string of the molecule is CN1CCC2(CSC3=C(O2)c2cc(N4CCCCC4)ccc2C(=O)C3=O)C1. The van der Waals surface area contributed by atoms with Gasteiger partial charge in [-0.25, -0.2) is 0 Å². The second kappa shape index (κ2) is 6.38. The summed E-state index contributed by atoms with van der Waals surface area (Å²) in [6, 6.07) is 5.87. The molecule has 0 saturated carbocycles. The van der Waals surface area contributed by atoms with Crippen LogP contribution in [0, 0.1) is 0 Å². The Morgan fingerprint density at radius 2 is 1.85 bits per heavy atom. The van der Waals surface area contributed by atoms with Crippen molar-refractivity contribution in [1.82, 2.24) is 4.90 Å². The molecule has 3 aliphatic heterocycles. The number of carbonyl (C=O) groups is 2. The Morgan fingerprint density at radius 1 is 1.04 bits per heavy atom. The highest BCUT2D eigenvalue weighted by atomic mass is 32.2. The van der Waals surface area contributed by atoms with Crippen LogP contribution < -0.4 is 4.90 Å². The highest BCUT2D eigenvalue weighted by Crippen LogP contribution is 2.47. The van der Waals surface area contributed by atoms with Gasteiger partial charge in [-0.3, -0.25) is 9.59 Å². The van der Waals surface area contributed by atoms with Gasteiger partial charge in [-0.05, 0) is 44.5 Å². The fourth-order valence-corrected chi connectivity index (χ4v) is 5.85. The summed E-state index contributed by atoms with van der Waals surface area (Å²) in [4.78, 5) is 30.4. The van der Waals surface area contributed by atoms with Crippen molar-refractivity contribution in [3.63, 3.8) is 0 Å². The van der Waals surface area contributed by atoms with Crippen LogP contribution in [0.15, 0.2) is 23.1 Å². The largest absolute Gasteiger partial charge is 0.483 e. The van der Waals surface area contributed by atoms with Crippen molar-refractivity contribution < 1.29 is 14.3 Å². The second-order valence-electron chi connectivity index (χ2n) is 8.16. The molecule has 0 N–H and O–H groups in total. The van der Waals surface area contributed by atoms with Gasteiger partial charge in [-0.1, -0.05) is 0 Å². The zero-order valence-corrected chi connectivity index (χ0v) is 16.4. The number of fused-ring (bicyclic) bond motifs is 2. The number of likely N-dealkylation sites (tertiary alicyclic amines) is 1. The lowest BCUT2D eigenvalue weighted by molar-refractivity contribution is -0.111. The number of allylic oxidation sites excluding steroid dienone is 1. The van der Waals surface area contributed by atoms with E-state index in [9.17, 15) is 9.59 Å². The number of ether oxygens (including phenoxy) is 1. The molecule has 0 bridgehead atoms. The molecule has 2 fully saturated rings. The molecule has 6 heteroatoms. The molecule has 3 heterocycles. The van der Waals surface area contributed by atoms with Crippen LogP contribution in [0.2, 0.25) is 0 Å². The molecule has 5 nitrogen and oxygen atoms in total. The van der Waals surface area contributed by atoms with Crippen LogP contribution >= 0.6 is 11.8 Å². The number of nitrogens with zero attached hydrogens (tertiary/aromatic N) is 2. The van der Waals surface area contributed by atoms with Crippen LogP contribution in [-0.2, 0) is 9.53 Å². The van der Waals surface area contributed by atoms with Gasteiger partial charge in [0.25, 0.3) is 0 Å². The van der Waals surface area contributed by atoms with Crippen LogP contribution in [0.25, 0.3) is 5.76 Å². The van der Waals surface area contributed by atoms with E-state index in [4.69, 9.17) is 4.74 Å². The lowest BCUT2D eigenvalue weighted by Crippen LogP contribution is -2.42.